The van der Waals surface area contributed by atoms with Crippen molar-refractivity contribution in [2.45, 2.75) is 6.10 Å². The second-order valence-electron chi connectivity index (χ2n) is 5.15. The first kappa shape index (κ1) is 15.2. The Hall–Kier alpha value is -2.72. The summed E-state index contributed by atoms with van der Waals surface area (Å²) in [5, 5.41) is 10.4. The van der Waals surface area contributed by atoms with Crippen LogP contribution in [0.2, 0.25) is 0 Å². The maximum atomic E-state index is 13.3. The van der Waals surface area contributed by atoms with E-state index in [1.165, 1.54) is 19.2 Å². The minimum atomic E-state index is -0.706. The molecule has 1 N–H and O–H groups in total. The molecule has 0 fully saturated rings. The molecular weight excluding hydrogens is 293 g/mol. The van der Waals surface area contributed by atoms with Crippen LogP contribution in [-0.4, -0.2) is 17.2 Å². The number of aromatic nitrogens is 1. The third-order valence-electron chi connectivity index (χ3n) is 3.72. The van der Waals surface area contributed by atoms with Gasteiger partial charge in [0.25, 0.3) is 0 Å². The first-order chi connectivity index (χ1) is 11.2. The zero-order valence-electron chi connectivity index (χ0n) is 12.6. The lowest BCUT2D eigenvalue weighted by Gasteiger charge is -2.13. The fourth-order valence-corrected chi connectivity index (χ4v) is 2.49. The summed E-state index contributed by atoms with van der Waals surface area (Å²) in [6.45, 7) is 0. The molecule has 1 unspecified atom stereocenters. The first-order valence-corrected chi connectivity index (χ1v) is 7.21. The third kappa shape index (κ3) is 3.22. The molecule has 0 saturated carbocycles. The quantitative estimate of drug-likeness (QED) is 0.792. The topological polar surface area (TPSA) is 42.4 Å². The smallest absolute Gasteiger partial charge is 0.129 e. The van der Waals surface area contributed by atoms with Crippen LogP contribution in [0.5, 0.6) is 5.75 Å². The van der Waals surface area contributed by atoms with Crippen molar-refractivity contribution >= 4 is 0 Å². The fourth-order valence-electron chi connectivity index (χ4n) is 2.49. The van der Waals surface area contributed by atoms with Crippen LogP contribution >= 0.6 is 0 Å². The van der Waals surface area contributed by atoms with Gasteiger partial charge in [0, 0.05) is 24.0 Å². The highest BCUT2D eigenvalue weighted by Gasteiger charge is 2.12. The third-order valence-corrected chi connectivity index (χ3v) is 3.72. The molecular formula is C19H16FNO2. The van der Waals surface area contributed by atoms with Gasteiger partial charge in [-0.25, -0.2) is 4.39 Å². The van der Waals surface area contributed by atoms with E-state index < -0.39 is 6.10 Å². The maximum absolute atomic E-state index is 13.3. The van der Waals surface area contributed by atoms with Crippen LogP contribution < -0.4 is 4.74 Å². The Kier molecular flexibility index (Phi) is 4.35. The van der Waals surface area contributed by atoms with E-state index in [2.05, 4.69) is 4.98 Å². The number of hydrogen-bond acceptors (Lipinski definition) is 3. The zero-order chi connectivity index (χ0) is 16.2. The molecule has 3 rings (SSSR count). The van der Waals surface area contributed by atoms with E-state index in [0.29, 0.717) is 5.75 Å². The highest BCUT2D eigenvalue weighted by atomic mass is 19.1. The second kappa shape index (κ2) is 6.58. The summed E-state index contributed by atoms with van der Waals surface area (Å²) in [5.41, 5.74) is 3.26. The van der Waals surface area contributed by atoms with E-state index in [1.807, 2.05) is 24.3 Å². The lowest BCUT2D eigenvalue weighted by Crippen LogP contribution is -1.99. The minimum Gasteiger partial charge on any atom is -0.496 e. The number of aliphatic hydroxyl groups excluding tert-OH is 1. The van der Waals surface area contributed by atoms with Crippen molar-refractivity contribution in [1.82, 2.24) is 4.98 Å². The zero-order valence-corrected chi connectivity index (χ0v) is 12.6. The van der Waals surface area contributed by atoms with Crippen LogP contribution in [0.15, 0.2) is 67.0 Å². The Morgan fingerprint density at radius 2 is 1.61 bits per heavy atom. The van der Waals surface area contributed by atoms with Crippen molar-refractivity contribution in [2.24, 2.45) is 0 Å². The standard InChI is InChI=1S/C19H16FNO2/c1-23-18-12-16(20)6-7-17(18)13-2-4-14(5-3-13)19(22)15-8-10-21-11-9-15/h2-12,19,22H,1H3. The molecule has 1 heterocycles. The molecule has 4 heteroatoms. The summed E-state index contributed by atoms with van der Waals surface area (Å²) in [6, 6.07) is 15.5. The normalized spacial score (nSPS) is 12.0. The molecule has 0 aliphatic heterocycles. The molecule has 0 aliphatic rings. The Balaban J connectivity index is 1.91. The van der Waals surface area contributed by atoms with Gasteiger partial charge in [0.15, 0.2) is 0 Å². The number of aliphatic hydroxyl groups is 1. The molecule has 23 heavy (non-hydrogen) atoms. The van der Waals surface area contributed by atoms with Gasteiger partial charge in [-0.05, 0) is 41.0 Å². The minimum absolute atomic E-state index is 0.338. The first-order valence-electron chi connectivity index (χ1n) is 7.21. The van der Waals surface area contributed by atoms with Crippen molar-refractivity contribution in [3.63, 3.8) is 0 Å². The number of benzene rings is 2. The van der Waals surface area contributed by atoms with E-state index in [-0.39, 0.29) is 5.82 Å². The summed E-state index contributed by atoms with van der Waals surface area (Å²) < 4.78 is 18.5. The molecule has 0 amide bonds. The van der Waals surface area contributed by atoms with Gasteiger partial charge in [-0.2, -0.15) is 0 Å². The van der Waals surface area contributed by atoms with E-state index in [0.717, 1.165) is 22.3 Å². The van der Waals surface area contributed by atoms with Crippen LogP contribution in [0.4, 0.5) is 4.39 Å². The summed E-state index contributed by atoms with van der Waals surface area (Å²) in [6.07, 6.45) is 2.59. The SMILES string of the molecule is COc1cc(F)ccc1-c1ccc(C(O)c2ccncc2)cc1. The van der Waals surface area contributed by atoms with Crippen molar-refractivity contribution in [2.75, 3.05) is 7.11 Å². The molecule has 3 aromatic rings. The molecule has 116 valence electrons. The van der Waals surface area contributed by atoms with Crippen molar-refractivity contribution in [3.8, 4) is 16.9 Å². The van der Waals surface area contributed by atoms with Gasteiger partial charge in [-0.15, -0.1) is 0 Å². The van der Waals surface area contributed by atoms with Gasteiger partial charge in [-0.3, -0.25) is 4.98 Å². The molecule has 2 aromatic carbocycles. The Morgan fingerprint density at radius 3 is 2.26 bits per heavy atom. The van der Waals surface area contributed by atoms with Gasteiger partial charge in [0.05, 0.1) is 7.11 Å². The van der Waals surface area contributed by atoms with Gasteiger partial charge < -0.3 is 9.84 Å². The molecule has 1 aromatic heterocycles. The number of nitrogens with zero attached hydrogens (tertiary/aromatic N) is 1. The van der Waals surface area contributed by atoms with Crippen LogP contribution in [0.25, 0.3) is 11.1 Å². The van der Waals surface area contributed by atoms with Crippen LogP contribution in [0.1, 0.15) is 17.2 Å². The number of pyridine rings is 1. The molecule has 3 nitrogen and oxygen atoms in total. The molecule has 1 atom stereocenters. The van der Waals surface area contributed by atoms with Crippen LogP contribution in [0, 0.1) is 5.82 Å². The van der Waals surface area contributed by atoms with E-state index >= 15 is 0 Å². The highest BCUT2D eigenvalue weighted by Crippen LogP contribution is 2.32. The lowest BCUT2D eigenvalue weighted by molar-refractivity contribution is 0.220. The summed E-state index contributed by atoms with van der Waals surface area (Å²) in [4.78, 5) is 3.95. The molecule has 0 radical (unpaired) electrons. The van der Waals surface area contributed by atoms with Crippen molar-refractivity contribution in [1.29, 1.82) is 0 Å². The monoisotopic (exact) mass is 309 g/mol. The number of methoxy groups -OCH3 is 1. The van der Waals surface area contributed by atoms with E-state index in [1.54, 1.807) is 30.6 Å². The summed E-state index contributed by atoms with van der Waals surface area (Å²) in [7, 11) is 1.51. The Morgan fingerprint density at radius 1 is 0.957 bits per heavy atom. The van der Waals surface area contributed by atoms with Gasteiger partial charge >= 0.3 is 0 Å². The maximum Gasteiger partial charge on any atom is 0.129 e. The summed E-state index contributed by atoms with van der Waals surface area (Å²) in [5.74, 6) is 0.141. The largest absolute Gasteiger partial charge is 0.496 e. The molecule has 0 bridgehead atoms. The fraction of sp³-hybridized carbons (Fsp3) is 0.105. The predicted molar refractivity (Wildman–Crippen MR) is 86.7 cm³/mol. The van der Waals surface area contributed by atoms with E-state index in [9.17, 15) is 9.50 Å². The average Bonchev–Trinajstić information content (AvgIpc) is 2.62. The Bertz CT molecular complexity index is 788. The van der Waals surface area contributed by atoms with E-state index in [4.69, 9.17) is 4.74 Å². The summed E-state index contributed by atoms with van der Waals surface area (Å²) >= 11 is 0. The van der Waals surface area contributed by atoms with Crippen LogP contribution in [0.3, 0.4) is 0 Å². The van der Waals surface area contributed by atoms with Gasteiger partial charge in [0.1, 0.15) is 17.7 Å². The average molecular weight is 309 g/mol. The molecule has 0 saturated heterocycles. The van der Waals surface area contributed by atoms with Crippen molar-refractivity contribution in [3.05, 3.63) is 83.9 Å². The highest BCUT2D eigenvalue weighted by molar-refractivity contribution is 5.70. The second-order valence-corrected chi connectivity index (χ2v) is 5.15. The van der Waals surface area contributed by atoms with Crippen molar-refractivity contribution < 1.29 is 14.2 Å². The number of hydrogen-bond donors (Lipinski definition) is 1. The van der Waals surface area contributed by atoms with Crippen LogP contribution in [-0.2, 0) is 0 Å². The number of rotatable bonds is 4. The predicted octanol–water partition coefficient (Wildman–Crippen LogP) is 3.98. The van der Waals surface area contributed by atoms with Gasteiger partial charge in [0.2, 0.25) is 0 Å². The number of ether oxygens (including phenoxy) is 1. The molecule has 0 spiro atoms. The Labute approximate surface area is 134 Å². The lowest BCUT2D eigenvalue weighted by atomic mass is 9.98. The molecule has 0 aliphatic carbocycles. The van der Waals surface area contributed by atoms with Gasteiger partial charge in [-0.1, -0.05) is 24.3 Å². The number of halogens is 1.